The number of benzene rings is 2. The van der Waals surface area contributed by atoms with Gasteiger partial charge in [-0.25, -0.2) is 8.78 Å². The van der Waals surface area contributed by atoms with Crippen LogP contribution in [0.3, 0.4) is 0 Å². The highest BCUT2D eigenvalue weighted by Gasteiger charge is 2.08. The summed E-state index contributed by atoms with van der Waals surface area (Å²) in [5.41, 5.74) is 1.67. The Labute approximate surface area is 108 Å². The highest BCUT2D eigenvalue weighted by atomic mass is 19.1. The summed E-state index contributed by atoms with van der Waals surface area (Å²) < 4.78 is 28.2. The van der Waals surface area contributed by atoms with Crippen LogP contribution in [-0.2, 0) is 0 Å². The number of nitrogens with zero attached hydrogens (tertiary/aromatic N) is 2. The van der Waals surface area contributed by atoms with Gasteiger partial charge in [0.05, 0.1) is 22.8 Å². The minimum Gasteiger partial charge on any atom is -0.316 e. The summed E-state index contributed by atoms with van der Waals surface area (Å²) in [7, 11) is 0. The number of hydrogen-bond acceptors (Lipinski definition) is 1. The molecule has 0 atom stereocenters. The average Bonchev–Trinajstić information content (AvgIpc) is 2.81. The molecule has 0 aliphatic rings. The Morgan fingerprint density at radius 1 is 1.00 bits per heavy atom. The van der Waals surface area contributed by atoms with E-state index in [2.05, 4.69) is 6.07 Å². The molecule has 0 amide bonds. The molecular weight excluding hydrogens is 246 g/mol. The van der Waals surface area contributed by atoms with Gasteiger partial charge in [0, 0.05) is 17.6 Å². The largest absolute Gasteiger partial charge is 0.316 e. The number of halogens is 2. The Morgan fingerprint density at radius 2 is 1.74 bits per heavy atom. The number of aromatic nitrogens is 1. The van der Waals surface area contributed by atoms with Crippen LogP contribution in [0.5, 0.6) is 0 Å². The van der Waals surface area contributed by atoms with Gasteiger partial charge < -0.3 is 4.57 Å². The van der Waals surface area contributed by atoms with E-state index in [1.54, 1.807) is 35.0 Å². The monoisotopic (exact) mass is 254 g/mol. The number of fused-ring (bicyclic) bond motifs is 1. The van der Waals surface area contributed by atoms with Crippen molar-refractivity contribution in [3.63, 3.8) is 0 Å². The number of nitriles is 1. The van der Waals surface area contributed by atoms with Crippen LogP contribution in [0.4, 0.5) is 8.78 Å². The van der Waals surface area contributed by atoms with Crippen molar-refractivity contribution in [1.82, 2.24) is 4.57 Å². The van der Waals surface area contributed by atoms with Gasteiger partial charge in [0.15, 0.2) is 0 Å². The molecule has 0 saturated heterocycles. The van der Waals surface area contributed by atoms with Crippen molar-refractivity contribution in [2.75, 3.05) is 0 Å². The third-order valence-electron chi connectivity index (χ3n) is 2.98. The molecule has 0 N–H and O–H groups in total. The zero-order valence-electron chi connectivity index (χ0n) is 9.77. The minimum absolute atomic E-state index is 0.391. The lowest BCUT2D eigenvalue weighted by Gasteiger charge is -2.06. The van der Waals surface area contributed by atoms with Gasteiger partial charge in [-0.1, -0.05) is 6.07 Å². The minimum atomic E-state index is -0.631. The molecule has 1 heterocycles. The standard InChI is InChI=1S/C15H8F2N2/c16-11-6-12(17)8-13(7-11)19-5-4-14-10(9-18)2-1-3-15(14)19/h1-8H. The zero-order chi connectivity index (χ0) is 13.4. The molecule has 4 heteroatoms. The van der Waals surface area contributed by atoms with Crippen molar-refractivity contribution in [3.05, 3.63) is 65.9 Å². The van der Waals surface area contributed by atoms with Crippen LogP contribution in [0.25, 0.3) is 16.6 Å². The molecule has 3 rings (SSSR count). The summed E-state index contributed by atoms with van der Waals surface area (Å²) in [6.45, 7) is 0. The maximum absolute atomic E-state index is 13.3. The summed E-state index contributed by atoms with van der Waals surface area (Å²) in [6.07, 6.45) is 1.69. The van der Waals surface area contributed by atoms with Gasteiger partial charge in [-0.3, -0.25) is 0 Å². The fourth-order valence-corrected chi connectivity index (χ4v) is 2.17. The van der Waals surface area contributed by atoms with Crippen LogP contribution in [0.1, 0.15) is 5.56 Å². The van der Waals surface area contributed by atoms with Crippen LogP contribution >= 0.6 is 0 Å². The van der Waals surface area contributed by atoms with Gasteiger partial charge in [-0.2, -0.15) is 5.26 Å². The van der Waals surface area contributed by atoms with Crippen molar-refractivity contribution in [1.29, 1.82) is 5.26 Å². The summed E-state index contributed by atoms with van der Waals surface area (Å²) in [5.74, 6) is -1.26. The molecule has 0 fully saturated rings. The quantitative estimate of drug-likeness (QED) is 0.649. The molecular formula is C15H8F2N2. The smallest absolute Gasteiger partial charge is 0.128 e. The van der Waals surface area contributed by atoms with Crippen LogP contribution in [0.2, 0.25) is 0 Å². The second-order valence-electron chi connectivity index (χ2n) is 4.16. The van der Waals surface area contributed by atoms with Crippen molar-refractivity contribution >= 4 is 10.9 Å². The predicted molar refractivity (Wildman–Crippen MR) is 67.9 cm³/mol. The van der Waals surface area contributed by atoms with E-state index in [1.165, 1.54) is 12.1 Å². The van der Waals surface area contributed by atoms with E-state index in [0.717, 1.165) is 17.0 Å². The van der Waals surface area contributed by atoms with Crippen molar-refractivity contribution in [2.45, 2.75) is 0 Å². The SMILES string of the molecule is N#Cc1cccc2c1ccn2-c1cc(F)cc(F)c1. The summed E-state index contributed by atoms with van der Waals surface area (Å²) >= 11 is 0. The number of rotatable bonds is 1. The maximum Gasteiger partial charge on any atom is 0.128 e. The van der Waals surface area contributed by atoms with Crippen molar-refractivity contribution in [2.24, 2.45) is 0 Å². The zero-order valence-corrected chi connectivity index (χ0v) is 9.77. The van der Waals surface area contributed by atoms with Gasteiger partial charge in [0.1, 0.15) is 11.6 Å². The van der Waals surface area contributed by atoms with Gasteiger partial charge in [0.2, 0.25) is 0 Å². The van der Waals surface area contributed by atoms with E-state index >= 15 is 0 Å². The topological polar surface area (TPSA) is 28.7 Å². The van der Waals surface area contributed by atoms with Gasteiger partial charge in [0.25, 0.3) is 0 Å². The highest BCUT2D eigenvalue weighted by Crippen LogP contribution is 2.24. The number of hydrogen-bond donors (Lipinski definition) is 0. The molecule has 1 aromatic heterocycles. The summed E-state index contributed by atoms with van der Waals surface area (Å²) in [5, 5.41) is 9.78. The van der Waals surface area contributed by atoms with E-state index in [4.69, 9.17) is 5.26 Å². The molecule has 0 radical (unpaired) electrons. The molecule has 0 spiro atoms. The van der Waals surface area contributed by atoms with Crippen LogP contribution in [0, 0.1) is 23.0 Å². The fourth-order valence-electron chi connectivity index (χ4n) is 2.17. The average molecular weight is 254 g/mol. The van der Waals surface area contributed by atoms with E-state index in [1.807, 2.05) is 0 Å². The molecule has 0 bridgehead atoms. The maximum atomic E-state index is 13.3. The highest BCUT2D eigenvalue weighted by molar-refractivity contribution is 5.87. The van der Waals surface area contributed by atoms with E-state index < -0.39 is 11.6 Å². The molecule has 92 valence electrons. The first-order chi connectivity index (χ1) is 9.19. The van der Waals surface area contributed by atoms with E-state index in [0.29, 0.717) is 11.3 Å². The first-order valence-corrected chi connectivity index (χ1v) is 5.66. The van der Waals surface area contributed by atoms with Crippen molar-refractivity contribution in [3.8, 4) is 11.8 Å². The predicted octanol–water partition coefficient (Wildman–Crippen LogP) is 3.78. The molecule has 19 heavy (non-hydrogen) atoms. The normalized spacial score (nSPS) is 10.6. The molecule has 3 aromatic rings. The lowest BCUT2D eigenvalue weighted by atomic mass is 10.1. The Balaban J connectivity index is 2.29. The summed E-state index contributed by atoms with van der Waals surface area (Å²) in [6, 6.07) is 12.4. The first-order valence-electron chi connectivity index (χ1n) is 5.66. The second kappa shape index (κ2) is 4.21. The Kier molecular flexibility index (Phi) is 2.53. The lowest BCUT2D eigenvalue weighted by Crippen LogP contribution is -1.94. The van der Waals surface area contributed by atoms with Crippen LogP contribution in [0.15, 0.2) is 48.7 Å². The van der Waals surface area contributed by atoms with Gasteiger partial charge >= 0.3 is 0 Å². The Morgan fingerprint density at radius 3 is 2.42 bits per heavy atom. The summed E-state index contributed by atoms with van der Waals surface area (Å²) in [4.78, 5) is 0. The van der Waals surface area contributed by atoms with Crippen LogP contribution in [-0.4, -0.2) is 4.57 Å². The Hall–Kier alpha value is -2.67. The fraction of sp³-hybridized carbons (Fsp3) is 0. The van der Waals surface area contributed by atoms with E-state index in [-0.39, 0.29) is 0 Å². The molecule has 0 aliphatic heterocycles. The van der Waals surface area contributed by atoms with Gasteiger partial charge in [-0.05, 0) is 30.3 Å². The van der Waals surface area contributed by atoms with E-state index in [9.17, 15) is 8.78 Å². The van der Waals surface area contributed by atoms with Crippen molar-refractivity contribution < 1.29 is 8.78 Å². The second-order valence-corrected chi connectivity index (χ2v) is 4.16. The molecule has 0 saturated carbocycles. The third kappa shape index (κ3) is 1.85. The molecule has 0 aliphatic carbocycles. The molecule has 2 aromatic carbocycles. The molecule has 2 nitrogen and oxygen atoms in total. The first kappa shape index (κ1) is 11.4. The Bertz CT molecular complexity index is 792. The van der Waals surface area contributed by atoms with Gasteiger partial charge in [-0.15, -0.1) is 0 Å². The molecule has 0 unspecified atom stereocenters. The lowest BCUT2D eigenvalue weighted by molar-refractivity contribution is 0.582. The van der Waals surface area contributed by atoms with Crippen LogP contribution < -0.4 is 0 Å². The third-order valence-corrected chi connectivity index (χ3v) is 2.98.